The summed E-state index contributed by atoms with van der Waals surface area (Å²) in [6, 6.07) is 5.39. The van der Waals surface area contributed by atoms with Crippen LogP contribution >= 0.6 is 0 Å². The van der Waals surface area contributed by atoms with Gasteiger partial charge in [0.1, 0.15) is 12.2 Å². The summed E-state index contributed by atoms with van der Waals surface area (Å²) in [5.41, 5.74) is 2.55. The minimum absolute atomic E-state index is 0.151. The van der Waals surface area contributed by atoms with Gasteiger partial charge in [0.05, 0.1) is 0 Å². The van der Waals surface area contributed by atoms with Crippen LogP contribution in [0.15, 0.2) is 18.2 Å². The lowest BCUT2D eigenvalue weighted by atomic mass is 10.0. The van der Waals surface area contributed by atoms with Gasteiger partial charge in [-0.1, -0.05) is 29.3 Å². The van der Waals surface area contributed by atoms with E-state index in [4.69, 9.17) is 0 Å². The molecule has 4 heteroatoms. The topological polar surface area (TPSA) is 17.1 Å². The molecule has 0 aromatic heterocycles. The molecule has 16 heavy (non-hydrogen) atoms. The summed E-state index contributed by atoms with van der Waals surface area (Å²) >= 11 is 0. The normalized spacial score (nSPS) is 11.6. The molecule has 0 radical (unpaired) electrons. The molecule has 0 N–H and O–H groups in total. The number of benzene rings is 1. The standard InChI is InChI=1S/C12H13F3O/c1-8-3-9(2)5-10(4-8)6-11(16)7-12(13,14)15/h3-5H,6-7H2,1-2H3. The molecule has 0 bridgehead atoms. The molecule has 1 rings (SSSR count). The van der Waals surface area contributed by atoms with Crippen LogP contribution in [0, 0.1) is 13.8 Å². The van der Waals surface area contributed by atoms with Gasteiger partial charge < -0.3 is 0 Å². The van der Waals surface area contributed by atoms with E-state index in [9.17, 15) is 18.0 Å². The number of alkyl halides is 3. The molecule has 0 atom stereocenters. The van der Waals surface area contributed by atoms with Gasteiger partial charge in [-0.05, 0) is 19.4 Å². The van der Waals surface area contributed by atoms with Crippen LogP contribution in [0.25, 0.3) is 0 Å². The van der Waals surface area contributed by atoms with Crippen LogP contribution in [0.4, 0.5) is 13.2 Å². The van der Waals surface area contributed by atoms with E-state index < -0.39 is 18.4 Å². The van der Waals surface area contributed by atoms with Crippen molar-refractivity contribution in [3.63, 3.8) is 0 Å². The summed E-state index contributed by atoms with van der Waals surface area (Å²) < 4.78 is 35.8. The Morgan fingerprint density at radius 2 is 1.62 bits per heavy atom. The molecule has 0 aliphatic carbocycles. The summed E-state index contributed by atoms with van der Waals surface area (Å²) in [5.74, 6) is -0.794. The van der Waals surface area contributed by atoms with Gasteiger partial charge >= 0.3 is 6.18 Å². The Bertz CT molecular complexity index is 373. The molecule has 0 aliphatic heterocycles. The fourth-order valence-corrected chi connectivity index (χ4v) is 1.68. The molecule has 0 spiro atoms. The highest BCUT2D eigenvalue weighted by molar-refractivity contribution is 5.81. The van der Waals surface area contributed by atoms with Crippen LogP contribution in [0.1, 0.15) is 23.1 Å². The van der Waals surface area contributed by atoms with Crippen LogP contribution in [0.5, 0.6) is 0 Å². The maximum atomic E-state index is 11.9. The first-order chi connectivity index (χ1) is 7.26. The zero-order valence-corrected chi connectivity index (χ0v) is 9.19. The third-order valence-electron chi connectivity index (χ3n) is 2.08. The maximum absolute atomic E-state index is 11.9. The summed E-state index contributed by atoms with van der Waals surface area (Å²) in [6.07, 6.45) is -5.90. The Balaban J connectivity index is 2.70. The van der Waals surface area contributed by atoms with Crippen molar-refractivity contribution in [2.24, 2.45) is 0 Å². The third kappa shape index (κ3) is 4.47. The smallest absolute Gasteiger partial charge is 0.299 e. The molecular formula is C12H13F3O. The molecule has 0 unspecified atom stereocenters. The van der Waals surface area contributed by atoms with Crippen LogP contribution in [0.2, 0.25) is 0 Å². The first-order valence-electron chi connectivity index (χ1n) is 4.92. The molecule has 1 aromatic carbocycles. The van der Waals surface area contributed by atoms with E-state index >= 15 is 0 Å². The fraction of sp³-hybridized carbons (Fsp3) is 0.417. The molecule has 0 aliphatic rings. The van der Waals surface area contributed by atoms with Crippen molar-refractivity contribution in [3.05, 3.63) is 34.9 Å². The number of hydrogen-bond acceptors (Lipinski definition) is 1. The second kappa shape index (κ2) is 4.68. The minimum atomic E-state index is -4.41. The quantitative estimate of drug-likeness (QED) is 0.778. The monoisotopic (exact) mass is 230 g/mol. The molecule has 0 heterocycles. The van der Waals surface area contributed by atoms with E-state index in [1.165, 1.54) is 0 Å². The number of halogens is 3. The molecule has 1 aromatic rings. The molecular weight excluding hydrogens is 217 g/mol. The second-order valence-electron chi connectivity index (χ2n) is 4.00. The minimum Gasteiger partial charge on any atom is -0.299 e. The van der Waals surface area contributed by atoms with Crippen molar-refractivity contribution in [1.82, 2.24) is 0 Å². The number of Topliss-reactive ketones (excluding diaryl/α,β-unsaturated/α-hetero) is 1. The first kappa shape index (κ1) is 12.7. The average molecular weight is 230 g/mol. The average Bonchev–Trinajstić information content (AvgIpc) is 1.96. The van der Waals surface area contributed by atoms with Crippen molar-refractivity contribution in [3.8, 4) is 0 Å². The van der Waals surface area contributed by atoms with Gasteiger partial charge in [0.15, 0.2) is 0 Å². The number of rotatable bonds is 3. The lowest BCUT2D eigenvalue weighted by molar-refractivity contribution is -0.151. The number of ketones is 1. The lowest BCUT2D eigenvalue weighted by Crippen LogP contribution is -2.16. The van der Waals surface area contributed by atoms with E-state index in [1.54, 1.807) is 12.1 Å². The van der Waals surface area contributed by atoms with Crippen LogP contribution in [-0.2, 0) is 11.2 Å². The van der Waals surface area contributed by atoms with Crippen LogP contribution in [-0.4, -0.2) is 12.0 Å². The van der Waals surface area contributed by atoms with Gasteiger partial charge in [-0.25, -0.2) is 0 Å². The van der Waals surface area contributed by atoms with Gasteiger partial charge in [0, 0.05) is 6.42 Å². The highest BCUT2D eigenvalue weighted by Gasteiger charge is 2.30. The molecule has 1 nitrogen and oxygen atoms in total. The largest absolute Gasteiger partial charge is 0.395 e. The number of hydrogen-bond donors (Lipinski definition) is 0. The fourth-order valence-electron chi connectivity index (χ4n) is 1.68. The lowest BCUT2D eigenvalue weighted by Gasteiger charge is -2.06. The predicted octanol–water partition coefficient (Wildman–Crippen LogP) is 3.37. The Labute approximate surface area is 92.3 Å². The zero-order chi connectivity index (χ0) is 12.3. The predicted molar refractivity (Wildman–Crippen MR) is 55.3 cm³/mol. The maximum Gasteiger partial charge on any atom is 0.395 e. The van der Waals surface area contributed by atoms with E-state index in [0.717, 1.165) is 11.1 Å². The van der Waals surface area contributed by atoms with Crippen molar-refractivity contribution in [1.29, 1.82) is 0 Å². The van der Waals surface area contributed by atoms with Crippen molar-refractivity contribution in [2.75, 3.05) is 0 Å². The van der Waals surface area contributed by atoms with E-state index in [1.807, 2.05) is 19.9 Å². The van der Waals surface area contributed by atoms with Gasteiger partial charge in [-0.3, -0.25) is 4.79 Å². The van der Waals surface area contributed by atoms with E-state index in [2.05, 4.69) is 0 Å². The summed E-state index contributed by atoms with van der Waals surface area (Å²) in [4.78, 5) is 11.1. The Hall–Kier alpha value is -1.32. The third-order valence-corrected chi connectivity index (χ3v) is 2.08. The van der Waals surface area contributed by atoms with Crippen molar-refractivity contribution < 1.29 is 18.0 Å². The van der Waals surface area contributed by atoms with Crippen LogP contribution < -0.4 is 0 Å². The molecule has 0 amide bonds. The zero-order valence-electron chi connectivity index (χ0n) is 9.19. The molecule has 0 saturated heterocycles. The first-order valence-corrected chi connectivity index (χ1v) is 4.92. The van der Waals surface area contributed by atoms with Gasteiger partial charge in [-0.15, -0.1) is 0 Å². The number of carbonyl (C=O) groups excluding carboxylic acids is 1. The highest BCUT2D eigenvalue weighted by Crippen LogP contribution is 2.21. The molecule has 0 fully saturated rings. The Morgan fingerprint density at radius 1 is 1.12 bits per heavy atom. The van der Waals surface area contributed by atoms with Crippen LogP contribution in [0.3, 0.4) is 0 Å². The highest BCUT2D eigenvalue weighted by atomic mass is 19.4. The molecule has 88 valence electrons. The Kier molecular flexibility index (Phi) is 3.73. The Morgan fingerprint density at radius 3 is 2.06 bits per heavy atom. The number of aryl methyl sites for hydroxylation is 2. The van der Waals surface area contributed by atoms with Gasteiger partial charge in [0.25, 0.3) is 0 Å². The number of carbonyl (C=O) groups is 1. The van der Waals surface area contributed by atoms with Gasteiger partial charge in [-0.2, -0.15) is 13.2 Å². The molecule has 0 saturated carbocycles. The summed E-state index contributed by atoms with van der Waals surface area (Å²) in [7, 11) is 0. The van der Waals surface area contributed by atoms with Crippen molar-refractivity contribution >= 4 is 5.78 Å². The van der Waals surface area contributed by atoms with Gasteiger partial charge in [0.2, 0.25) is 0 Å². The summed E-state index contributed by atoms with van der Waals surface area (Å²) in [6.45, 7) is 3.70. The van der Waals surface area contributed by atoms with E-state index in [0.29, 0.717) is 5.56 Å². The summed E-state index contributed by atoms with van der Waals surface area (Å²) in [5, 5.41) is 0. The van der Waals surface area contributed by atoms with E-state index in [-0.39, 0.29) is 6.42 Å². The SMILES string of the molecule is Cc1cc(C)cc(CC(=O)CC(F)(F)F)c1. The second-order valence-corrected chi connectivity index (χ2v) is 4.00. The van der Waals surface area contributed by atoms with Crippen molar-refractivity contribution in [2.45, 2.75) is 32.9 Å².